The molecular formula is C14H19ClN2. The number of para-hydroxylation sites is 1. The van der Waals surface area contributed by atoms with Gasteiger partial charge in [0.1, 0.15) is 0 Å². The lowest BCUT2D eigenvalue weighted by atomic mass is 9.81. The summed E-state index contributed by atoms with van der Waals surface area (Å²) in [4.78, 5) is 2.54. The fraction of sp³-hybridized carbons (Fsp3) is 0.571. The zero-order valence-corrected chi connectivity index (χ0v) is 10.7. The lowest BCUT2D eigenvalue weighted by Crippen LogP contribution is -2.55. The van der Waals surface area contributed by atoms with Crippen molar-refractivity contribution in [3.05, 3.63) is 29.3 Å². The summed E-state index contributed by atoms with van der Waals surface area (Å²) in [6.07, 6.45) is 6.08. The van der Waals surface area contributed by atoms with Crippen LogP contribution in [0, 0.1) is 0 Å². The first-order valence-electron chi connectivity index (χ1n) is 6.54. The number of anilines is 1. The van der Waals surface area contributed by atoms with Crippen molar-refractivity contribution in [2.45, 2.75) is 50.2 Å². The van der Waals surface area contributed by atoms with Gasteiger partial charge in [-0.15, -0.1) is 0 Å². The molecule has 2 unspecified atom stereocenters. The number of fused-ring (bicyclic) bond motifs is 2. The van der Waals surface area contributed by atoms with Crippen LogP contribution in [0.3, 0.4) is 0 Å². The van der Waals surface area contributed by atoms with E-state index in [0.29, 0.717) is 18.1 Å². The minimum Gasteiger partial charge on any atom is -0.364 e. The number of nitrogens with two attached hydrogens (primary N) is 1. The second-order valence-corrected chi connectivity index (χ2v) is 5.74. The van der Waals surface area contributed by atoms with Crippen molar-refractivity contribution in [2.75, 3.05) is 4.90 Å². The standard InChI is InChI=1S/C14H19ClN2/c15-13-6-1-2-7-14(13)17-11-4-3-5-12(17)9-10(16)8-11/h1-2,6-7,10-12H,3-5,8-9,16H2. The van der Waals surface area contributed by atoms with Crippen LogP contribution >= 0.6 is 11.6 Å². The van der Waals surface area contributed by atoms with E-state index in [-0.39, 0.29) is 0 Å². The van der Waals surface area contributed by atoms with Crippen LogP contribution in [-0.2, 0) is 0 Å². The maximum absolute atomic E-state index is 6.33. The van der Waals surface area contributed by atoms with Crippen LogP contribution in [0.4, 0.5) is 5.69 Å². The predicted molar refractivity (Wildman–Crippen MR) is 72.6 cm³/mol. The average molecular weight is 251 g/mol. The maximum atomic E-state index is 6.33. The third kappa shape index (κ3) is 2.04. The number of halogens is 1. The molecule has 1 aromatic rings. The van der Waals surface area contributed by atoms with Crippen molar-refractivity contribution in [1.82, 2.24) is 0 Å². The summed E-state index contributed by atoms with van der Waals surface area (Å²) in [5, 5.41) is 0.875. The largest absolute Gasteiger partial charge is 0.364 e. The molecule has 2 aliphatic heterocycles. The van der Waals surface area contributed by atoms with E-state index >= 15 is 0 Å². The van der Waals surface area contributed by atoms with Gasteiger partial charge in [-0.3, -0.25) is 0 Å². The van der Waals surface area contributed by atoms with Crippen molar-refractivity contribution in [2.24, 2.45) is 5.73 Å². The van der Waals surface area contributed by atoms with Crippen molar-refractivity contribution >= 4 is 17.3 Å². The van der Waals surface area contributed by atoms with Gasteiger partial charge in [-0.1, -0.05) is 23.7 Å². The molecule has 0 saturated carbocycles. The summed E-state index contributed by atoms with van der Waals surface area (Å²) in [6, 6.07) is 9.77. The highest BCUT2D eigenvalue weighted by atomic mass is 35.5. The second-order valence-electron chi connectivity index (χ2n) is 5.33. The Labute approximate surface area is 108 Å². The van der Waals surface area contributed by atoms with E-state index in [1.165, 1.54) is 24.9 Å². The summed E-state index contributed by atoms with van der Waals surface area (Å²) in [5.41, 5.74) is 7.35. The molecule has 3 rings (SSSR count). The zero-order chi connectivity index (χ0) is 11.8. The van der Waals surface area contributed by atoms with Crippen LogP contribution in [0.2, 0.25) is 5.02 Å². The lowest BCUT2D eigenvalue weighted by molar-refractivity contribution is 0.271. The Morgan fingerprint density at radius 1 is 1.12 bits per heavy atom. The van der Waals surface area contributed by atoms with Crippen LogP contribution in [0.1, 0.15) is 32.1 Å². The number of nitrogens with zero attached hydrogens (tertiary/aromatic N) is 1. The van der Waals surface area contributed by atoms with Gasteiger partial charge in [-0.05, 0) is 44.2 Å². The molecule has 3 heteroatoms. The summed E-state index contributed by atoms with van der Waals surface area (Å²) in [5.74, 6) is 0. The minimum absolute atomic E-state index is 0.379. The van der Waals surface area contributed by atoms with Gasteiger partial charge < -0.3 is 10.6 Å². The summed E-state index contributed by atoms with van der Waals surface area (Å²) < 4.78 is 0. The molecule has 2 heterocycles. The van der Waals surface area contributed by atoms with Gasteiger partial charge in [-0.25, -0.2) is 0 Å². The van der Waals surface area contributed by atoms with E-state index in [0.717, 1.165) is 17.9 Å². The van der Waals surface area contributed by atoms with Crippen LogP contribution in [0.5, 0.6) is 0 Å². The quantitative estimate of drug-likeness (QED) is 0.830. The molecule has 0 aromatic heterocycles. The first-order valence-corrected chi connectivity index (χ1v) is 6.92. The van der Waals surface area contributed by atoms with Gasteiger partial charge >= 0.3 is 0 Å². The van der Waals surface area contributed by atoms with Gasteiger partial charge in [0, 0.05) is 18.1 Å². The highest BCUT2D eigenvalue weighted by Gasteiger charge is 2.37. The molecule has 0 amide bonds. The summed E-state index contributed by atoms with van der Waals surface area (Å²) in [7, 11) is 0. The number of rotatable bonds is 1. The van der Waals surface area contributed by atoms with Crippen LogP contribution in [0.15, 0.2) is 24.3 Å². The first kappa shape index (κ1) is 11.4. The molecule has 2 aliphatic rings. The zero-order valence-electron chi connectivity index (χ0n) is 9.98. The Hall–Kier alpha value is -0.730. The molecule has 1 aromatic carbocycles. The van der Waals surface area contributed by atoms with Crippen LogP contribution < -0.4 is 10.6 Å². The fourth-order valence-corrected chi connectivity index (χ4v) is 3.71. The normalized spacial score (nSPS) is 32.6. The highest BCUT2D eigenvalue weighted by molar-refractivity contribution is 6.33. The lowest BCUT2D eigenvalue weighted by Gasteiger charge is -2.49. The van der Waals surface area contributed by atoms with Crippen molar-refractivity contribution in [1.29, 1.82) is 0 Å². The Kier molecular flexibility index (Phi) is 3.01. The van der Waals surface area contributed by atoms with Gasteiger partial charge in [-0.2, -0.15) is 0 Å². The number of hydrogen-bond donors (Lipinski definition) is 1. The molecule has 2 atom stereocenters. The van der Waals surface area contributed by atoms with Crippen LogP contribution in [0.25, 0.3) is 0 Å². The molecule has 2 fully saturated rings. The second kappa shape index (κ2) is 4.51. The smallest absolute Gasteiger partial charge is 0.0639 e. The third-order valence-electron chi connectivity index (χ3n) is 4.14. The molecular weight excluding hydrogens is 232 g/mol. The van der Waals surface area contributed by atoms with Gasteiger partial charge in [0.2, 0.25) is 0 Å². The fourth-order valence-electron chi connectivity index (χ4n) is 3.48. The molecule has 92 valence electrons. The highest BCUT2D eigenvalue weighted by Crippen LogP contribution is 2.39. The average Bonchev–Trinajstić information content (AvgIpc) is 2.29. The van der Waals surface area contributed by atoms with Crippen LogP contribution in [-0.4, -0.2) is 18.1 Å². The monoisotopic (exact) mass is 250 g/mol. The third-order valence-corrected chi connectivity index (χ3v) is 4.46. The van der Waals surface area contributed by atoms with E-state index in [1.54, 1.807) is 0 Å². The number of hydrogen-bond acceptors (Lipinski definition) is 2. The molecule has 0 spiro atoms. The number of piperidine rings is 2. The van der Waals surface area contributed by atoms with E-state index in [2.05, 4.69) is 17.0 Å². The van der Waals surface area contributed by atoms with Gasteiger partial charge in [0.25, 0.3) is 0 Å². The van der Waals surface area contributed by atoms with Crippen molar-refractivity contribution in [3.8, 4) is 0 Å². The topological polar surface area (TPSA) is 29.3 Å². The van der Waals surface area contributed by atoms with Gasteiger partial charge in [0.15, 0.2) is 0 Å². The Morgan fingerprint density at radius 2 is 1.76 bits per heavy atom. The van der Waals surface area contributed by atoms with E-state index in [9.17, 15) is 0 Å². The molecule has 2 N–H and O–H groups in total. The van der Waals surface area contributed by atoms with E-state index < -0.39 is 0 Å². The number of benzene rings is 1. The Morgan fingerprint density at radius 3 is 2.41 bits per heavy atom. The van der Waals surface area contributed by atoms with E-state index in [1.807, 2.05) is 12.1 Å². The molecule has 2 bridgehead atoms. The molecule has 17 heavy (non-hydrogen) atoms. The van der Waals surface area contributed by atoms with Crippen molar-refractivity contribution < 1.29 is 0 Å². The van der Waals surface area contributed by atoms with Crippen molar-refractivity contribution in [3.63, 3.8) is 0 Å². The summed E-state index contributed by atoms with van der Waals surface area (Å²) >= 11 is 6.33. The SMILES string of the molecule is NC1CC2CCCC(C1)N2c1ccccc1Cl. The van der Waals surface area contributed by atoms with E-state index in [4.69, 9.17) is 17.3 Å². The van der Waals surface area contributed by atoms with Gasteiger partial charge in [0.05, 0.1) is 10.7 Å². The summed E-state index contributed by atoms with van der Waals surface area (Å²) in [6.45, 7) is 0. The molecule has 0 aliphatic carbocycles. The molecule has 0 radical (unpaired) electrons. The predicted octanol–water partition coefficient (Wildman–Crippen LogP) is 3.19. The maximum Gasteiger partial charge on any atom is 0.0639 e. The first-order chi connectivity index (χ1) is 8.25. The molecule has 2 nitrogen and oxygen atoms in total. The minimum atomic E-state index is 0.379. The Bertz CT molecular complexity index is 393. The molecule has 2 saturated heterocycles. The Balaban J connectivity index is 1.94.